The molecule has 0 aromatic heterocycles. The van der Waals surface area contributed by atoms with Crippen LogP contribution in [0.4, 0.5) is 0 Å². The molecule has 1 N–H and O–H groups in total. The number of rotatable bonds is 5. The number of hydrogen-bond donors (Lipinski definition) is 1. The molecule has 1 heterocycles. The zero-order valence-electron chi connectivity index (χ0n) is 12.4. The van der Waals surface area contributed by atoms with Crippen LogP contribution in [0.2, 0.25) is 5.02 Å². The molecule has 1 amide bonds. The Bertz CT molecular complexity index is 483. The number of carbonyl (C=O) groups excluding carboxylic acids is 1. The molecule has 1 aromatic carbocycles. The third-order valence-electron chi connectivity index (χ3n) is 3.72. The monoisotopic (exact) mass is 332 g/mol. The summed E-state index contributed by atoms with van der Waals surface area (Å²) in [6, 6.07) is 5.69. The summed E-state index contributed by atoms with van der Waals surface area (Å²) >= 11 is 6.00. The number of hydrogen-bond acceptors (Lipinski definition) is 3. The van der Waals surface area contributed by atoms with Crippen molar-refractivity contribution in [3.05, 3.63) is 28.8 Å². The molecule has 1 aliphatic heterocycles. The summed E-state index contributed by atoms with van der Waals surface area (Å²) in [5.74, 6) is 0.857. The third-order valence-corrected chi connectivity index (χ3v) is 3.96. The maximum atomic E-state index is 12.5. The van der Waals surface area contributed by atoms with Gasteiger partial charge in [-0.3, -0.25) is 4.79 Å². The highest BCUT2D eigenvalue weighted by Crippen LogP contribution is 2.25. The Kier molecular flexibility index (Phi) is 7.29. The molecular formula is C15H22Cl2N2O2. The van der Waals surface area contributed by atoms with Crippen LogP contribution in [0.3, 0.4) is 0 Å². The smallest absolute Gasteiger partial charge is 0.227 e. The van der Waals surface area contributed by atoms with Gasteiger partial charge < -0.3 is 15.0 Å². The average molecular weight is 333 g/mol. The fourth-order valence-corrected chi connectivity index (χ4v) is 2.96. The van der Waals surface area contributed by atoms with E-state index in [-0.39, 0.29) is 18.3 Å². The Labute approximate surface area is 137 Å². The van der Waals surface area contributed by atoms with Gasteiger partial charge in [0.25, 0.3) is 0 Å². The summed E-state index contributed by atoms with van der Waals surface area (Å²) < 4.78 is 5.30. The number of likely N-dealkylation sites (N-methyl/N-ethyl adjacent to an activating group) is 1. The van der Waals surface area contributed by atoms with Crippen LogP contribution in [0.1, 0.15) is 18.4 Å². The van der Waals surface area contributed by atoms with Gasteiger partial charge in [0, 0.05) is 29.7 Å². The first-order valence-electron chi connectivity index (χ1n) is 6.92. The van der Waals surface area contributed by atoms with Crippen molar-refractivity contribution < 1.29 is 9.53 Å². The molecule has 4 nitrogen and oxygen atoms in total. The first-order chi connectivity index (χ1) is 9.65. The first kappa shape index (κ1) is 18.1. The summed E-state index contributed by atoms with van der Waals surface area (Å²) in [5, 5.41) is 3.78. The van der Waals surface area contributed by atoms with E-state index >= 15 is 0 Å². The van der Waals surface area contributed by atoms with E-state index in [0.29, 0.717) is 23.2 Å². The molecule has 1 aromatic rings. The summed E-state index contributed by atoms with van der Waals surface area (Å²) in [6.07, 6.45) is 2.48. The Balaban J connectivity index is 0.00000220. The molecule has 1 unspecified atom stereocenters. The number of carbonyl (C=O) groups is 1. The van der Waals surface area contributed by atoms with Crippen LogP contribution in [0, 0.1) is 0 Å². The van der Waals surface area contributed by atoms with E-state index in [1.54, 1.807) is 25.3 Å². The minimum Gasteiger partial charge on any atom is -0.496 e. The summed E-state index contributed by atoms with van der Waals surface area (Å²) in [7, 11) is 3.53. The fraction of sp³-hybridized carbons (Fsp3) is 0.533. The second-order valence-corrected chi connectivity index (χ2v) is 5.51. The van der Waals surface area contributed by atoms with Crippen LogP contribution >= 0.6 is 24.0 Å². The van der Waals surface area contributed by atoms with Crippen LogP contribution in [0.25, 0.3) is 0 Å². The Morgan fingerprint density at radius 2 is 2.29 bits per heavy atom. The van der Waals surface area contributed by atoms with Gasteiger partial charge in [-0.15, -0.1) is 12.4 Å². The molecule has 2 rings (SSSR count). The van der Waals surface area contributed by atoms with Gasteiger partial charge in [0.15, 0.2) is 0 Å². The number of methoxy groups -OCH3 is 1. The van der Waals surface area contributed by atoms with Gasteiger partial charge in [-0.05, 0) is 38.1 Å². The van der Waals surface area contributed by atoms with Crippen molar-refractivity contribution in [1.82, 2.24) is 10.2 Å². The van der Waals surface area contributed by atoms with Crippen molar-refractivity contribution in [1.29, 1.82) is 0 Å². The van der Waals surface area contributed by atoms with E-state index in [9.17, 15) is 4.79 Å². The van der Waals surface area contributed by atoms with Gasteiger partial charge in [0.05, 0.1) is 13.5 Å². The predicted molar refractivity (Wildman–Crippen MR) is 87.6 cm³/mol. The fourth-order valence-electron chi connectivity index (χ4n) is 2.76. The topological polar surface area (TPSA) is 41.6 Å². The summed E-state index contributed by atoms with van der Waals surface area (Å²) in [5.41, 5.74) is 0.847. The largest absolute Gasteiger partial charge is 0.496 e. The van der Waals surface area contributed by atoms with E-state index in [2.05, 4.69) is 5.32 Å². The quantitative estimate of drug-likeness (QED) is 0.900. The molecule has 6 heteroatoms. The van der Waals surface area contributed by atoms with E-state index in [1.807, 2.05) is 11.9 Å². The van der Waals surface area contributed by atoms with E-state index in [0.717, 1.165) is 31.5 Å². The molecular weight excluding hydrogens is 311 g/mol. The van der Waals surface area contributed by atoms with Gasteiger partial charge in [-0.25, -0.2) is 0 Å². The Hall–Kier alpha value is -0.970. The van der Waals surface area contributed by atoms with Crippen LogP contribution < -0.4 is 10.1 Å². The van der Waals surface area contributed by atoms with Crippen molar-refractivity contribution in [2.45, 2.75) is 25.3 Å². The number of nitrogens with zero attached hydrogens (tertiary/aromatic N) is 1. The second-order valence-electron chi connectivity index (χ2n) is 5.07. The van der Waals surface area contributed by atoms with Crippen molar-refractivity contribution in [2.24, 2.45) is 0 Å². The molecule has 0 saturated carbocycles. The lowest BCUT2D eigenvalue weighted by atomic mass is 10.1. The summed E-state index contributed by atoms with van der Waals surface area (Å²) in [6.45, 7) is 1.69. The lowest BCUT2D eigenvalue weighted by Crippen LogP contribution is -2.41. The number of amides is 1. The van der Waals surface area contributed by atoms with Gasteiger partial charge >= 0.3 is 0 Å². The minimum absolute atomic E-state index is 0. The molecule has 0 bridgehead atoms. The highest BCUT2D eigenvalue weighted by Gasteiger charge is 2.28. The number of nitrogens with one attached hydrogen (secondary N) is 1. The maximum Gasteiger partial charge on any atom is 0.227 e. The molecule has 0 aliphatic carbocycles. The number of halogens is 2. The van der Waals surface area contributed by atoms with Crippen LogP contribution in [-0.2, 0) is 11.2 Å². The zero-order valence-corrected chi connectivity index (χ0v) is 14.0. The van der Waals surface area contributed by atoms with Gasteiger partial charge in [-0.1, -0.05) is 11.6 Å². The third kappa shape index (κ3) is 4.50. The molecule has 0 radical (unpaired) electrons. The minimum atomic E-state index is 0. The van der Waals surface area contributed by atoms with E-state index in [1.165, 1.54) is 0 Å². The lowest BCUT2D eigenvalue weighted by Gasteiger charge is -2.25. The van der Waals surface area contributed by atoms with Crippen molar-refractivity contribution in [3.63, 3.8) is 0 Å². The number of ether oxygens (including phenoxy) is 1. The SMILES string of the molecule is CNCC1CCCN1C(=O)Cc1cc(Cl)ccc1OC.Cl. The van der Waals surface area contributed by atoms with Gasteiger partial charge in [0.2, 0.25) is 5.91 Å². The highest BCUT2D eigenvalue weighted by molar-refractivity contribution is 6.30. The number of benzene rings is 1. The van der Waals surface area contributed by atoms with Crippen molar-refractivity contribution in [2.75, 3.05) is 27.2 Å². The maximum absolute atomic E-state index is 12.5. The van der Waals surface area contributed by atoms with Crippen LogP contribution in [-0.4, -0.2) is 44.1 Å². The Morgan fingerprint density at radius 1 is 1.52 bits per heavy atom. The Morgan fingerprint density at radius 3 is 2.95 bits per heavy atom. The molecule has 118 valence electrons. The van der Waals surface area contributed by atoms with E-state index < -0.39 is 0 Å². The highest BCUT2D eigenvalue weighted by atomic mass is 35.5. The van der Waals surface area contributed by atoms with Crippen LogP contribution in [0.5, 0.6) is 5.75 Å². The molecule has 1 aliphatic rings. The van der Waals surface area contributed by atoms with Gasteiger partial charge in [0.1, 0.15) is 5.75 Å². The number of likely N-dealkylation sites (tertiary alicyclic amines) is 1. The van der Waals surface area contributed by atoms with E-state index in [4.69, 9.17) is 16.3 Å². The molecule has 1 atom stereocenters. The van der Waals surface area contributed by atoms with Crippen LogP contribution in [0.15, 0.2) is 18.2 Å². The average Bonchev–Trinajstić information content (AvgIpc) is 2.88. The van der Waals surface area contributed by atoms with Crippen molar-refractivity contribution >= 4 is 29.9 Å². The first-order valence-corrected chi connectivity index (χ1v) is 7.30. The zero-order chi connectivity index (χ0) is 14.5. The molecule has 1 fully saturated rings. The molecule has 0 spiro atoms. The molecule has 1 saturated heterocycles. The second kappa shape index (κ2) is 8.47. The lowest BCUT2D eigenvalue weighted by molar-refractivity contribution is -0.131. The summed E-state index contributed by atoms with van der Waals surface area (Å²) in [4.78, 5) is 14.4. The van der Waals surface area contributed by atoms with Crippen molar-refractivity contribution in [3.8, 4) is 5.75 Å². The molecule has 21 heavy (non-hydrogen) atoms. The predicted octanol–water partition coefficient (Wildman–Crippen LogP) is 2.52. The standard InChI is InChI=1S/C15H21ClN2O2.ClH/c1-17-10-13-4-3-7-18(13)15(19)9-11-8-12(16)5-6-14(11)20-2;/h5-6,8,13,17H,3-4,7,9-10H2,1-2H3;1H. The van der Waals surface area contributed by atoms with Gasteiger partial charge in [-0.2, -0.15) is 0 Å². The normalized spacial score (nSPS) is 17.5.